The molecule has 0 aliphatic heterocycles. The number of alkyl carbamates (subject to hydrolysis) is 1. The third-order valence-corrected chi connectivity index (χ3v) is 7.09. The van der Waals surface area contributed by atoms with Crippen molar-refractivity contribution in [3.63, 3.8) is 0 Å². The lowest BCUT2D eigenvalue weighted by Crippen LogP contribution is -2.33. The topological polar surface area (TPSA) is 126 Å². The molecule has 1 aliphatic carbocycles. The van der Waals surface area contributed by atoms with Crippen molar-refractivity contribution in [3.05, 3.63) is 65.5 Å². The van der Waals surface area contributed by atoms with E-state index in [4.69, 9.17) is 19.2 Å². The van der Waals surface area contributed by atoms with E-state index in [1.54, 1.807) is 51.2 Å². The van der Waals surface area contributed by atoms with Gasteiger partial charge >= 0.3 is 12.3 Å². The van der Waals surface area contributed by atoms with Crippen LogP contribution in [0.3, 0.4) is 0 Å². The van der Waals surface area contributed by atoms with Gasteiger partial charge in [0.15, 0.2) is 11.5 Å². The number of ether oxygens (including phenoxy) is 3. The van der Waals surface area contributed by atoms with Gasteiger partial charge in [-0.05, 0) is 52.0 Å². The van der Waals surface area contributed by atoms with E-state index in [9.17, 15) is 18.0 Å². The average molecular weight is 640 g/mol. The highest BCUT2D eigenvalue weighted by molar-refractivity contribution is 5.68. The number of methoxy groups -OCH3 is 1. The summed E-state index contributed by atoms with van der Waals surface area (Å²) in [6.07, 6.45) is 2.18. The standard InChI is InChI=1S/C32H36F3N7O4/c1-31(2,3)46-30(43)36-14-6-7-22-15-37-26(24-25(20-12-13-20)38-18-39-29(24)44-5)41-28(22)45-17-19-8-10-21(11-9-19)27-40-23(16-42(27)4)32(33,34)35/h8-11,15-16,18,20H,6-7,12-14,17H2,1-5H3,(H,36,43). The second-order valence-electron chi connectivity index (χ2n) is 12.0. The molecule has 244 valence electrons. The Morgan fingerprint density at radius 2 is 1.78 bits per heavy atom. The van der Waals surface area contributed by atoms with Crippen LogP contribution in [0.2, 0.25) is 0 Å². The number of aromatic nitrogens is 6. The van der Waals surface area contributed by atoms with E-state index in [0.29, 0.717) is 48.1 Å². The number of rotatable bonds is 11. The zero-order chi connectivity index (χ0) is 33.1. The van der Waals surface area contributed by atoms with E-state index in [2.05, 4.69) is 25.3 Å². The number of halogens is 3. The summed E-state index contributed by atoms with van der Waals surface area (Å²) < 4.78 is 57.9. The number of nitrogens with zero attached hydrogens (tertiary/aromatic N) is 6. The SMILES string of the molecule is COc1ncnc(C2CC2)c1-c1ncc(CCCNC(=O)OC(C)(C)C)c(OCc2ccc(-c3nc(C(F)(F)F)cn3C)cc2)n1. The number of nitrogens with one attached hydrogen (secondary N) is 1. The average Bonchev–Trinajstić information content (AvgIpc) is 3.77. The van der Waals surface area contributed by atoms with Crippen LogP contribution in [0.4, 0.5) is 18.0 Å². The molecule has 0 atom stereocenters. The summed E-state index contributed by atoms with van der Waals surface area (Å²) >= 11 is 0. The molecule has 1 N–H and O–H groups in total. The van der Waals surface area contributed by atoms with Gasteiger partial charge in [0.2, 0.25) is 11.8 Å². The molecule has 0 saturated heterocycles. The molecule has 3 aromatic heterocycles. The van der Waals surface area contributed by atoms with E-state index in [1.807, 2.05) is 0 Å². The van der Waals surface area contributed by atoms with Gasteiger partial charge in [-0.2, -0.15) is 18.2 Å². The van der Waals surface area contributed by atoms with Crippen LogP contribution < -0.4 is 14.8 Å². The number of imidazole rings is 1. The Bertz CT molecular complexity index is 1680. The van der Waals surface area contributed by atoms with Crippen LogP contribution in [0.15, 0.2) is 43.0 Å². The Morgan fingerprint density at radius 3 is 2.41 bits per heavy atom. The molecule has 1 amide bonds. The second-order valence-corrected chi connectivity index (χ2v) is 12.0. The summed E-state index contributed by atoms with van der Waals surface area (Å²) in [5.41, 5.74) is 1.93. The zero-order valence-electron chi connectivity index (χ0n) is 26.3. The van der Waals surface area contributed by atoms with Crippen molar-refractivity contribution in [1.82, 2.24) is 34.8 Å². The number of benzene rings is 1. The van der Waals surface area contributed by atoms with Gasteiger partial charge in [-0.1, -0.05) is 24.3 Å². The Kier molecular flexibility index (Phi) is 9.44. The summed E-state index contributed by atoms with van der Waals surface area (Å²) in [7, 11) is 3.05. The van der Waals surface area contributed by atoms with E-state index < -0.39 is 23.6 Å². The molecule has 1 saturated carbocycles. The lowest BCUT2D eigenvalue weighted by atomic mass is 10.1. The maximum atomic E-state index is 13.2. The van der Waals surface area contributed by atoms with E-state index in [0.717, 1.165) is 35.9 Å². The predicted molar refractivity (Wildman–Crippen MR) is 162 cm³/mol. The van der Waals surface area contributed by atoms with Gasteiger partial charge < -0.3 is 24.1 Å². The van der Waals surface area contributed by atoms with Gasteiger partial charge in [0.05, 0.1) is 12.8 Å². The smallest absolute Gasteiger partial charge is 0.434 e. The van der Waals surface area contributed by atoms with Crippen LogP contribution in [0, 0.1) is 0 Å². The van der Waals surface area contributed by atoms with Crippen molar-refractivity contribution in [2.45, 2.75) is 70.8 Å². The minimum atomic E-state index is -4.53. The quantitative estimate of drug-likeness (QED) is 0.189. The monoisotopic (exact) mass is 639 g/mol. The van der Waals surface area contributed by atoms with Crippen molar-refractivity contribution >= 4 is 6.09 Å². The Morgan fingerprint density at radius 1 is 1.04 bits per heavy atom. The van der Waals surface area contributed by atoms with Crippen molar-refractivity contribution in [1.29, 1.82) is 0 Å². The van der Waals surface area contributed by atoms with Crippen LogP contribution in [0.1, 0.15) is 68.5 Å². The third-order valence-electron chi connectivity index (χ3n) is 7.09. The largest absolute Gasteiger partial charge is 0.480 e. The van der Waals surface area contributed by atoms with Crippen molar-refractivity contribution in [2.75, 3.05) is 13.7 Å². The molecule has 5 rings (SSSR count). The first kappa shape index (κ1) is 32.6. The lowest BCUT2D eigenvalue weighted by Gasteiger charge is -2.19. The van der Waals surface area contributed by atoms with Gasteiger partial charge in [0, 0.05) is 43.0 Å². The molecule has 0 spiro atoms. The molecule has 1 aromatic carbocycles. The van der Waals surface area contributed by atoms with Crippen LogP contribution in [0.25, 0.3) is 22.8 Å². The molecule has 11 nitrogen and oxygen atoms in total. The zero-order valence-corrected chi connectivity index (χ0v) is 26.3. The highest BCUT2D eigenvalue weighted by atomic mass is 19.4. The van der Waals surface area contributed by atoms with Crippen LogP contribution in [-0.2, 0) is 31.0 Å². The van der Waals surface area contributed by atoms with Crippen LogP contribution >= 0.6 is 0 Å². The van der Waals surface area contributed by atoms with E-state index in [1.165, 1.54) is 25.1 Å². The summed E-state index contributed by atoms with van der Waals surface area (Å²) in [6, 6.07) is 6.93. The predicted octanol–water partition coefficient (Wildman–Crippen LogP) is 6.28. The summed E-state index contributed by atoms with van der Waals surface area (Å²) in [6.45, 7) is 5.89. The maximum Gasteiger partial charge on any atom is 0.434 e. The molecular weight excluding hydrogens is 603 g/mol. The van der Waals surface area contributed by atoms with Crippen LogP contribution in [-0.4, -0.2) is 54.8 Å². The molecule has 0 unspecified atom stereocenters. The Labute approximate surface area is 264 Å². The molecule has 3 heterocycles. The first-order chi connectivity index (χ1) is 21.8. The number of amides is 1. The van der Waals surface area contributed by atoms with Crippen molar-refractivity contribution in [3.8, 4) is 34.5 Å². The fraction of sp³-hybridized carbons (Fsp3) is 0.438. The number of hydrogen-bond acceptors (Lipinski definition) is 9. The number of carbonyl (C=O) groups excluding carboxylic acids is 1. The molecule has 1 aliphatic rings. The molecule has 0 bridgehead atoms. The first-order valence-corrected chi connectivity index (χ1v) is 14.9. The molecular formula is C32H36F3N7O4. The normalized spacial score (nSPS) is 13.4. The van der Waals surface area contributed by atoms with Gasteiger partial charge in [-0.15, -0.1) is 0 Å². The Hall–Kier alpha value is -4.75. The van der Waals surface area contributed by atoms with Crippen molar-refractivity contribution in [2.24, 2.45) is 7.05 Å². The molecule has 1 fully saturated rings. The van der Waals surface area contributed by atoms with Gasteiger partial charge in [-0.25, -0.2) is 24.7 Å². The molecule has 46 heavy (non-hydrogen) atoms. The summed E-state index contributed by atoms with van der Waals surface area (Å²) in [4.78, 5) is 34.0. The number of alkyl halides is 3. The number of carbonyl (C=O) groups is 1. The number of aryl methyl sites for hydroxylation is 2. The van der Waals surface area contributed by atoms with Crippen molar-refractivity contribution < 1.29 is 32.2 Å². The fourth-order valence-corrected chi connectivity index (χ4v) is 4.78. The van der Waals surface area contributed by atoms with Gasteiger partial charge in [0.25, 0.3) is 0 Å². The maximum absolute atomic E-state index is 13.2. The molecule has 4 aromatic rings. The molecule has 0 radical (unpaired) electrons. The van der Waals surface area contributed by atoms with Crippen LogP contribution in [0.5, 0.6) is 11.8 Å². The van der Waals surface area contributed by atoms with E-state index >= 15 is 0 Å². The highest BCUT2D eigenvalue weighted by Crippen LogP contribution is 2.45. The summed E-state index contributed by atoms with van der Waals surface area (Å²) in [5.74, 6) is 1.57. The highest BCUT2D eigenvalue weighted by Gasteiger charge is 2.35. The minimum Gasteiger partial charge on any atom is -0.480 e. The Balaban J connectivity index is 1.36. The lowest BCUT2D eigenvalue weighted by molar-refractivity contribution is -0.140. The third kappa shape index (κ3) is 8.09. The first-order valence-electron chi connectivity index (χ1n) is 14.9. The second kappa shape index (κ2) is 13.3. The molecule has 14 heteroatoms. The van der Waals surface area contributed by atoms with Gasteiger partial charge in [0.1, 0.15) is 29.9 Å². The fourth-order valence-electron chi connectivity index (χ4n) is 4.78. The summed E-state index contributed by atoms with van der Waals surface area (Å²) in [5, 5.41) is 2.75. The number of hydrogen-bond donors (Lipinski definition) is 1. The minimum absolute atomic E-state index is 0.131. The van der Waals surface area contributed by atoms with Gasteiger partial charge in [-0.3, -0.25) is 0 Å². The van der Waals surface area contributed by atoms with E-state index in [-0.39, 0.29) is 18.3 Å².